The van der Waals surface area contributed by atoms with Crippen molar-refractivity contribution >= 4 is 17.5 Å². The average molecular weight is 497 g/mol. The van der Waals surface area contributed by atoms with Crippen LogP contribution < -0.4 is 15.5 Å². The third-order valence-corrected chi connectivity index (χ3v) is 7.53. The number of hydrogen-bond donors (Lipinski definition) is 2. The summed E-state index contributed by atoms with van der Waals surface area (Å²) in [6.07, 6.45) is 1.32. The molecule has 2 fully saturated rings. The van der Waals surface area contributed by atoms with Gasteiger partial charge in [0.15, 0.2) is 0 Å². The first kappa shape index (κ1) is 27.3. The van der Waals surface area contributed by atoms with Crippen LogP contribution in [0.1, 0.15) is 75.2 Å². The minimum atomic E-state index is -4.54. The number of carbonyl (C=O) groups is 2. The Morgan fingerprint density at radius 3 is 2.49 bits per heavy atom. The predicted molar refractivity (Wildman–Crippen MR) is 131 cm³/mol. The van der Waals surface area contributed by atoms with Gasteiger partial charge in [0.1, 0.15) is 0 Å². The average Bonchev–Trinajstić information content (AvgIpc) is 2.76. The highest BCUT2D eigenvalue weighted by molar-refractivity contribution is 6.01. The third-order valence-electron chi connectivity index (χ3n) is 7.53. The van der Waals surface area contributed by atoms with E-state index in [-0.39, 0.29) is 24.1 Å². The van der Waals surface area contributed by atoms with Crippen molar-refractivity contribution in [3.63, 3.8) is 0 Å². The zero-order valence-corrected chi connectivity index (χ0v) is 21.3. The summed E-state index contributed by atoms with van der Waals surface area (Å²) in [5.74, 6) is -0.612. The summed E-state index contributed by atoms with van der Waals surface area (Å²) in [7, 11) is 2.15. The van der Waals surface area contributed by atoms with E-state index in [0.717, 1.165) is 50.7 Å². The van der Waals surface area contributed by atoms with Gasteiger partial charge in [-0.05, 0) is 77.1 Å². The van der Waals surface area contributed by atoms with Crippen molar-refractivity contribution in [2.24, 2.45) is 5.92 Å². The zero-order chi connectivity index (χ0) is 25.8. The molecule has 1 aromatic rings. The molecule has 0 unspecified atom stereocenters. The van der Waals surface area contributed by atoms with Gasteiger partial charge in [0.05, 0.1) is 17.7 Å². The van der Waals surface area contributed by atoms with E-state index in [9.17, 15) is 22.8 Å². The van der Waals surface area contributed by atoms with E-state index in [0.29, 0.717) is 36.8 Å². The molecule has 35 heavy (non-hydrogen) atoms. The van der Waals surface area contributed by atoms with E-state index in [1.165, 1.54) is 6.07 Å². The second kappa shape index (κ2) is 11.6. The number of amides is 2. The molecule has 2 N–H and O–H groups in total. The lowest BCUT2D eigenvalue weighted by molar-refractivity contribution is -0.137. The van der Waals surface area contributed by atoms with Gasteiger partial charge in [0, 0.05) is 36.9 Å². The molecule has 3 atom stereocenters. The second-order valence-corrected chi connectivity index (χ2v) is 10.2. The van der Waals surface area contributed by atoms with Crippen molar-refractivity contribution in [3.8, 4) is 0 Å². The van der Waals surface area contributed by atoms with Gasteiger partial charge in [-0.15, -0.1) is 0 Å². The number of carbonyl (C=O) groups excluding carboxylic acids is 2. The molecule has 6 nitrogen and oxygen atoms in total. The first-order valence-electron chi connectivity index (χ1n) is 12.8. The molecular formula is C26H39F3N4O2. The van der Waals surface area contributed by atoms with Gasteiger partial charge in [0.2, 0.25) is 5.91 Å². The lowest BCUT2D eigenvalue weighted by Crippen LogP contribution is -2.51. The quantitative estimate of drug-likeness (QED) is 0.531. The standard InChI is InChI=1S/C26H39F3N4O2/c1-5-7-18-14-20(32(4)17(2)3)9-10-22(18)31-24(34)16-30-25(35)21-15-19(26(27,28)29)8-11-23(21)33-12-6-13-33/h8,11,15,17-18,20,22H,5-7,9-10,12-14,16H2,1-4H3,(H,30,35)(H,31,34)/t18-,20-,22+/m1/s1. The van der Waals surface area contributed by atoms with Crippen LogP contribution in [0.3, 0.4) is 0 Å². The van der Waals surface area contributed by atoms with Crippen LogP contribution in [-0.2, 0) is 11.0 Å². The fourth-order valence-electron chi connectivity index (χ4n) is 5.15. The Balaban J connectivity index is 1.61. The van der Waals surface area contributed by atoms with Crippen molar-refractivity contribution in [1.82, 2.24) is 15.5 Å². The SMILES string of the molecule is CCC[C@@H]1C[C@H](N(C)C(C)C)CC[C@@H]1NC(=O)CNC(=O)c1cc(C(F)(F)F)ccc1N1CCC1. The van der Waals surface area contributed by atoms with Gasteiger partial charge in [-0.25, -0.2) is 0 Å². The Bertz CT molecular complexity index is 886. The highest BCUT2D eigenvalue weighted by Gasteiger charge is 2.34. The number of anilines is 1. The predicted octanol–water partition coefficient (Wildman–Crippen LogP) is 4.44. The first-order valence-corrected chi connectivity index (χ1v) is 12.8. The molecule has 2 aliphatic rings. The number of rotatable bonds is 9. The molecule has 1 heterocycles. The highest BCUT2D eigenvalue weighted by atomic mass is 19.4. The van der Waals surface area contributed by atoms with Gasteiger partial charge < -0.3 is 20.4 Å². The van der Waals surface area contributed by atoms with E-state index in [1.807, 2.05) is 4.90 Å². The van der Waals surface area contributed by atoms with Crippen LogP contribution >= 0.6 is 0 Å². The first-order chi connectivity index (χ1) is 16.5. The zero-order valence-electron chi connectivity index (χ0n) is 21.3. The number of nitrogens with one attached hydrogen (secondary N) is 2. The molecule has 1 aliphatic carbocycles. The number of hydrogen-bond acceptors (Lipinski definition) is 4. The molecule has 0 aromatic heterocycles. The van der Waals surface area contributed by atoms with Crippen LogP contribution in [0.25, 0.3) is 0 Å². The second-order valence-electron chi connectivity index (χ2n) is 10.2. The number of nitrogens with zero attached hydrogens (tertiary/aromatic N) is 2. The molecule has 196 valence electrons. The van der Waals surface area contributed by atoms with Crippen LogP contribution in [0.5, 0.6) is 0 Å². The summed E-state index contributed by atoms with van der Waals surface area (Å²) >= 11 is 0. The summed E-state index contributed by atoms with van der Waals surface area (Å²) in [6, 6.07) is 4.21. The monoisotopic (exact) mass is 496 g/mol. The van der Waals surface area contributed by atoms with Gasteiger partial charge >= 0.3 is 6.18 Å². The fourth-order valence-corrected chi connectivity index (χ4v) is 5.15. The number of benzene rings is 1. The highest BCUT2D eigenvalue weighted by Crippen LogP contribution is 2.34. The summed E-state index contributed by atoms with van der Waals surface area (Å²) in [5.41, 5.74) is -0.451. The molecular weight excluding hydrogens is 457 g/mol. The normalized spacial score (nSPS) is 22.8. The van der Waals surface area contributed by atoms with E-state index in [4.69, 9.17) is 0 Å². The largest absolute Gasteiger partial charge is 0.416 e. The van der Waals surface area contributed by atoms with Crippen molar-refractivity contribution in [2.45, 2.75) is 83.6 Å². The Morgan fingerprint density at radius 2 is 1.91 bits per heavy atom. The fraction of sp³-hybridized carbons (Fsp3) is 0.692. The van der Waals surface area contributed by atoms with Crippen LogP contribution in [0.4, 0.5) is 18.9 Å². The Morgan fingerprint density at radius 1 is 1.20 bits per heavy atom. The van der Waals surface area contributed by atoms with Crippen molar-refractivity contribution in [1.29, 1.82) is 0 Å². The van der Waals surface area contributed by atoms with Crippen molar-refractivity contribution < 1.29 is 22.8 Å². The molecule has 3 rings (SSSR count). The summed E-state index contributed by atoms with van der Waals surface area (Å²) in [4.78, 5) is 29.8. The minimum Gasteiger partial charge on any atom is -0.371 e. The Kier molecular flexibility index (Phi) is 9.07. The maximum absolute atomic E-state index is 13.2. The van der Waals surface area contributed by atoms with E-state index in [2.05, 4.69) is 43.4 Å². The molecule has 2 amide bonds. The Labute approximate surface area is 206 Å². The molecule has 1 saturated heterocycles. The molecule has 0 spiro atoms. The van der Waals surface area contributed by atoms with Crippen LogP contribution in [0.2, 0.25) is 0 Å². The number of halogens is 3. The molecule has 0 bridgehead atoms. The summed E-state index contributed by atoms with van der Waals surface area (Å²) in [5, 5.41) is 5.63. The molecule has 9 heteroatoms. The van der Waals surface area contributed by atoms with Gasteiger partial charge in [0.25, 0.3) is 5.91 Å². The molecule has 1 aromatic carbocycles. The van der Waals surface area contributed by atoms with Crippen molar-refractivity contribution in [3.05, 3.63) is 29.3 Å². The Hall–Kier alpha value is -2.29. The van der Waals surface area contributed by atoms with Gasteiger partial charge in [-0.1, -0.05) is 13.3 Å². The minimum absolute atomic E-state index is 0.0429. The summed E-state index contributed by atoms with van der Waals surface area (Å²) in [6.45, 7) is 7.63. The van der Waals surface area contributed by atoms with E-state index >= 15 is 0 Å². The van der Waals surface area contributed by atoms with Crippen LogP contribution in [-0.4, -0.2) is 61.5 Å². The molecule has 0 radical (unpaired) electrons. The third kappa shape index (κ3) is 6.90. The molecule has 1 saturated carbocycles. The van der Waals surface area contributed by atoms with Gasteiger partial charge in [-0.2, -0.15) is 13.2 Å². The van der Waals surface area contributed by atoms with E-state index < -0.39 is 17.6 Å². The number of alkyl halides is 3. The van der Waals surface area contributed by atoms with Gasteiger partial charge in [-0.3, -0.25) is 9.59 Å². The smallest absolute Gasteiger partial charge is 0.371 e. The lowest BCUT2D eigenvalue weighted by Gasteiger charge is -2.41. The van der Waals surface area contributed by atoms with E-state index in [1.54, 1.807) is 0 Å². The van der Waals surface area contributed by atoms with Crippen LogP contribution in [0, 0.1) is 5.92 Å². The molecule has 1 aliphatic heterocycles. The van der Waals surface area contributed by atoms with Crippen LogP contribution in [0.15, 0.2) is 18.2 Å². The lowest BCUT2D eigenvalue weighted by atomic mass is 9.78. The topological polar surface area (TPSA) is 64.7 Å². The van der Waals surface area contributed by atoms with Crippen molar-refractivity contribution in [2.75, 3.05) is 31.6 Å². The summed E-state index contributed by atoms with van der Waals surface area (Å²) < 4.78 is 39.7. The maximum atomic E-state index is 13.2. The maximum Gasteiger partial charge on any atom is 0.416 e.